The molecule has 1 N–H and O–H groups in total. The lowest BCUT2D eigenvalue weighted by Gasteiger charge is -2.05. The maximum Gasteiger partial charge on any atom is 0.247 e. The van der Waals surface area contributed by atoms with Gasteiger partial charge < -0.3 is 5.32 Å². The van der Waals surface area contributed by atoms with Crippen LogP contribution in [0.2, 0.25) is 0 Å². The van der Waals surface area contributed by atoms with Gasteiger partial charge in [0, 0.05) is 12.4 Å². The second-order valence-electron chi connectivity index (χ2n) is 3.44. The highest BCUT2D eigenvalue weighted by Crippen LogP contribution is 2.11. The fourth-order valence-electron chi connectivity index (χ4n) is 1.42. The summed E-state index contributed by atoms with van der Waals surface area (Å²) in [4.78, 5) is 19.4. The molecular formula is C12H12N4O. The molecule has 5 nitrogen and oxygen atoms in total. The van der Waals surface area contributed by atoms with E-state index in [-0.39, 0.29) is 5.91 Å². The highest BCUT2D eigenvalue weighted by Gasteiger charge is 2.02. The molecule has 2 aromatic heterocycles. The van der Waals surface area contributed by atoms with E-state index in [1.807, 2.05) is 23.8 Å². The van der Waals surface area contributed by atoms with Crippen LogP contribution in [0.4, 0.5) is 5.69 Å². The van der Waals surface area contributed by atoms with Crippen LogP contribution in [0.1, 0.15) is 5.82 Å². The summed E-state index contributed by atoms with van der Waals surface area (Å²) in [6, 6.07) is 3.59. The molecule has 0 saturated heterocycles. The lowest BCUT2D eigenvalue weighted by atomic mass is 10.4. The van der Waals surface area contributed by atoms with Crippen LogP contribution < -0.4 is 5.32 Å². The SMILES string of the molecule is C=CC(=O)Nc1ccc(-n2ccnc2C)nc1. The predicted octanol–water partition coefficient (Wildman–Crippen LogP) is 1.70. The number of aryl methyl sites for hydroxylation is 1. The van der Waals surface area contributed by atoms with Crippen LogP contribution >= 0.6 is 0 Å². The van der Waals surface area contributed by atoms with Gasteiger partial charge in [0.05, 0.1) is 11.9 Å². The van der Waals surface area contributed by atoms with Gasteiger partial charge >= 0.3 is 0 Å². The largest absolute Gasteiger partial charge is 0.321 e. The average molecular weight is 228 g/mol. The minimum atomic E-state index is -0.252. The Morgan fingerprint density at radius 2 is 2.29 bits per heavy atom. The number of nitrogens with zero attached hydrogens (tertiary/aromatic N) is 3. The third-order valence-electron chi connectivity index (χ3n) is 2.27. The molecule has 0 atom stereocenters. The molecule has 0 aliphatic rings. The minimum absolute atomic E-state index is 0.252. The van der Waals surface area contributed by atoms with Gasteiger partial charge in [0.25, 0.3) is 0 Å². The maximum absolute atomic E-state index is 11.1. The van der Waals surface area contributed by atoms with E-state index < -0.39 is 0 Å². The van der Waals surface area contributed by atoms with Gasteiger partial charge in [-0.3, -0.25) is 9.36 Å². The third-order valence-corrected chi connectivity index (χ3v) is 2.27. The van der Waals surface area contributed by atoms with Crippen molar-refractivity contribution in [3.05, 3.63) is 49.2 Å². The van der Waals surface area contributed by atoms with Crippen LogP contribution in [0.15, 0.2) is 43.4 Å². The molecule has 0 fully saturated rings. The quantitative estimate of drug-likeness (QED) is 0.813. The Morgan fingerprint density at radius 3 is 2.82 bits per heavy atom. The number of pyridine rings is 1. The second-order valence-corrected chi connectivity index (χ2v) is 3.44. The van der Waals surface area contributed by atoms with Crippen molar-refractivity contribution in [3.8, 4) is 5.82 Å². The van der Waals surface area contributed by atoms with Crippen LogP contribution in [0, 0.1) is 6.92 Å². The summed E-state index contributed by atoms with van der Waals surface area (Å²) in [6.07, 6.45) is 6.36. The standard InChI is InChI=1S/C12H12N4O/c1-3-12(17)15-10-4-5-11(14-8-10)16-7-6-13-9(16)2/h3-8H,1H2,2H3,(H,15,17). The zero-order valence-electron chi connectivity index (χ0n) is 9.42. The van der Waals surface area contributed by atoms with Crippen LogP contribution in [0.3, 0.4) is 0 Å². The number of hydrogen-bond acceptors (Lipinski definition) is 3. The number of imidazole rings is 1. The van der Waals surface area contributed by atoms with Crippen LogP contribution in [0.25, 0.3) is 5.82 Å². The van der Waals surface area contributed by atoms with E-state index in [4.69, 9.17) is 0 Å². The molecule has 0 aromatic carbocycles. The molecule has 0 aliphatic carbocycles. The van der Waals surface area contributed by atoms with E-state index in [0.29, 0.717) is 5.69 Å². The molecule has 5 heteroatoms. The molecular weight excluding hydrogens is 216 g/mol. The number of carbonyl (C=O) groups is 1. The van der Waals surface area contributed by atoms with Crippen molar-refractivity contribution in [2.45, 2.75) is 6.92 Å². The van der Waals surface area contributed by atoms with Crippen LogP contribution in [-0.2, 0) is 4.79 Å². The van der Waals surface area contributed by atoms with Crippen molar-refractivity contribution in [1.82, 2.24) is 14.5 Å². The highest BCUT2D eigenvalue weighted by molar-refractivity contribution is 5.98. The lowest BCUT2D eigenvalue weighted by molar-refractivity contribution is -0.111. The van der Waals surface area contributed by atoms with Crippen molar-refractivity contribution < 1.29 is 4.79 Å². The first-order valence-electron chi connectivity index (χ1n) is 5.10. The van der Waals surface area contributed by atoms with Gasteiger partial charge in [0.15, 0.2) is 0 Å². The van der Waals surface area contributed by atoms with E-state index in [1.165, 1.54) is 6.08 Å². The number of anilines is 1. The summed E-state index contributed by atoms with van der Waals surface area (Å²) in [5.41, 5.74) is 0.636. The Morgan fingerprint density at radius 1 is 1.47 bits per heavy atom. The summed E-state index contributed by atoms with van der Waals surface area (Å²) in [5.74, 6) is 1.37. The Kier molecular flexibility index (Phi) is 3.00. The summed E-state index contributed by atoms with van der Waals surface area (Å²) in [6.45, 7) is 5.28. The van der Waals surface area contributed by atoms with E-state index in [1.54, 1.807) is 18.5 Å². The fraction of sp³-hybridized carbons (Fsp3) is 0.0833. The zero-order valence-corrected chi connectivity index (χ0v) is 9.42. The molecule has 0 spiro atoms. The highest BCUT2D eigenvalue weighted by atomic mass is 16.1. The number of carbonyl (C=O) groups excluding carboxylic acids is 1. The van der Waals surface area contributed by atoms with Gasteiger partial charge in [-0.25, -0.2) is 9.97 Å². The van der Waals surface area contributed by atoms with Crippen LogP contribution in [-0.4, -0.2) is 20.4 Å². The Hall–Kier alpha value is -2.43. The van der Waals surface area contributed by atoms with Gasteiger partial charge in [-0.15, -0.1) is 0 Å². The van der Waals surface area contributed by atoms with E-state index in [9.17, 15) is 4.79 Å². The molecule has 0 radical (unpaired) electrons. The first-order chi connectivity index (χ1) is 8.20. The number of hydrogen-bond donors (Lipinski definition) is 1. The summed E-state index contributed by atoms with van der Waals surface area (Å²) >= 11 is 0. The van der Waals surface area contributed by atoms with Crippen molar-refractivity contribution in [2.75, 3.05) is 5.32 Å². The van der Waals surface area contributed by atoms with Gasteiger partial charge in [-0.05, 0) is 25.1 Å². The Bertz CT molecular complexity index is 542. The fourth-order valence-corrected chi connectivity index (χ4v) is 1.42. The molecule has 0 bridgehead atoms. The zero-order chi connectivity index (χ0) is 12.3. The maximum atomic E-state index is 11.1. The molecule has 17 heavy (non-hydrogen) atoms. The second kappa shape index (κ2) is 4.61. The molecule has 0 aliphatic heterocycles. The van der Waals surface area contributed by atoms with Crippen LogP contribution in [0.5, 0.6) is 0 Å². The van der Waals surface area contributed by atoms with Crippen molar-refractivity contribution in [3.63, 3.8) is 0 Å². The number of nitrogens with one attached hydrogen (secondary N) is 1. The topological polar surface area (TPSA) is 59.8 Å². The van der Waals surface area contributed by atoms with Gasteiger partial charge in [-0.1, -0.05) is 6.58 Å². The minimum Gasteiger partial charge on any atom is -0.321 e. The smallest absolute Gasteiger partial charge is 0.247 e. The molecule has 2 aromatic rings. The van der Waals surface area contributed by atoms with Crippen molar-refractivity contribution in [1.29, 1.82) is 0 Å². The third kappa shape index (κ3) is 2.39. The number of rotatable bonds is 3. The summed E-state index contributed by atoms with van der Waals surface area (Å²) in [7, 11) is 0. The molecule has 0 unspecified atom stereocenters. The van der Waals surface area contributed by atoms with E-state index in [2.05, 4.69) is 21.9 Å². The molecule has 2 rings (SSSR count). The van der Waals surface area contributed by atoms with Crippen molar-refractivity contribution in [2.24, 2.45) is 0 Å². The van der Waals surface area contributed by atoms with E-state index in [0.717, 1.165) is 11.6 Å². The Labute approximate surface area is 98.8 Å². The van der Waals surface area contributed by atoms with E-state index >= 15 is 0 Å². The Balaban J connectivity index is 2.21. The molecule has 0 saturated carbocycles. The van der Waals surface area contributed by atoms with Gasteiger partial charge in [-0.2, -0.15) is 0 Å². The predicted molar refractivity (Wildman–Crippen MR) is 64.9 cm³/mol. The normalized spacial score (nSPS) is 9.94. The first-order valence-corrected chi connectivity index (χ1v) is 5.10. The average Bonchev–Trinajstić information content (AvgIpc) is 2.76. The molecule has 2 heterocycles. The van der Waals surface area contributed by atoms with Crippen molar-refractivity contribution >= 4 is 11.6 Å². The molecule has 1 amide bonds. The lowest BCUT2D eigenvalue weighted by Crippen LogP contribution is -2.08. The monoisotopic (exact) mass is 228 g/mol. The molecule has 86 valence electrons. The summed E-state index contributed by atoms with van der Waals surface area (Å²) < 4.78 is 1.86. The van der Waals surface area contributed by atoms with Gasteiger partial charge in [0.1, 0.15) is 11.6 Å². The first kappa shape index (κ1) is 11.1. The number of amides is 1. The van der Waals surface area contributed by atoms with Gasteiger partial charge in [0.2, 0.25) is 5.91 Å². The number of aromatic nitrogens is 3. The summed E-state index contributed by atoms with van der Waals surface area (Å²) in [5, 5.41) is 2.63.